The molecular weight excluding hydrogens is 336 g/mol. The zero-order chi connectivity index (χ0) is 19.4. The third kappa shape index (κ3) is 3.97. The molecule has 140 valence electrons. The van der Waals surface area contributed by atoms with E-state index in [-0.39, 0.29) is 5.91 Å². The Balaban J connectivity index is 2.24. The van der Waals surface area contributed by atoms with E-state index in [9.17, 15) is 4.79 Å². The first-order valence-corrected chi connectivity index (χ1v) is 9.51. The monoisotopic (exact) mass is 362 g/mol. The predicted molar refractivity (Wildman–Crippen MR) is 109 cm³/mol. The van der Waals surface area contributed by atoms with Crippen LogP contribution in [0.4, 0.5) is 0 Å². The minimum Gasteiger partial charge on any atom is -0.339 e. The maximum Gasteiger partial charge on any atom is 0.254 e. The summed E-state index contributed by atoms with van der Waals surface area (Å²) < 4.78 is 0. The highest BCUT2D eigenvalue weighted by Gasteiger charge is 2.20. The van der Waals surface area contributed by atoms with E-state index in [1.54, 1.807) is 12.4 Å². The van der Waals surface area contributed by atoms with Crippen LogP contribution in [0.3, 0.4) is 0 Å². The molecule has 0 saturated heterocycles. The summed E-state index contributed by atoms with van der Waals surface area (Å²) in [6.45, 7) is 9.80. The van der Waals surface area contributed by atoms with Gasteiger partial charge in [-0.15, -0.1) is 0 Å². The van der Waals surface area contributed by atoms with E-state index in [2.05, 4.69) is 29.9 Å². The molecule has 27 heavy (non-hydrogen) atoms. The molecule has 0 unspecified atom stereocenters. The van der Waals surface area contributed by atoms with Gasteiger partial charge in [0.05, 0.1) is 16.8 Å². The van der Waals surface area contributed by atoms with Gasteiger partial charge in [-0.25, -0.2) is 15.0 Å². The number of pyridine rings is 1. The maximum atomic E-state index is 13.4. The van der Waals surface area contributed by atoms with Crippen molar-refractivity contribution in [3.63, 3.8) is 0 Å². The van der Waals surface area contributed by atoms with Gasteiger partial charge in [0.15, 0.2) is 0 Å². The smallest absolute Gasteiger partial charge is 0.254 e. The molecule has 0 atom stereocenters. The summed E-state index contributed by atoms with van der Waals surface area (Å²) in [6.07, 6.45) is 6.83. The van der Waals surface area contributed by atoms with E-state index in [1.807, 2.05) is 30.9 Å². The van der Waals surface area contributed by atoms with Crippen LogP contribution in [-0.4, -0.2) is 38.8 Å². The summed E-state index contributed by atoms with van der Waals surface area (Å²) in [4.78, 5) is 28.4. The van der Waals surface area contributed by atoms with Crippen LogP contribution in [0.2, 0.25) is 0 Å². The highest BCUT2D eigenvalue weighted by atomic mass is 16.2. The third-order valence-electron chi connectivity index (χ3n) is 4.61. The lowest BCUT2D eigenvalue weighted by Crippen LogP contribution is -2.32. The Kier molecular flexibility index (Phi) is 5.79. The molecule has 1 aromatic carbocycles. The molecule has 2 heterocycles. The first-order valence-electron chi connectivity index (χ1n) is 9.51. The number of amides is 1. The number of fused-ring (bicyclic) bond motifs is 1. The molecule has 5 heteroatoms. The Morgan fingerprint density at radius 3 is 2.30 bits per heavy atom. The Morgan fingerprint density at radius 1 is 1.00 bits per heavy atom. The van der Waals surface area contributed by atoms with Crippen molar-refractivity contribution in [3.05, 3.63) is 53.6 Å². The van der Waals surface area contributed by atoms with Gasteiger partial charge < -0.3 is 4.90 Å². The maximum absolute atomic E-state index is 13.4. The summed E-state index contributed by atoms with van der Waals surface area (Å²) in [5.74, 6) is 0.0659. The number of benzene rings is 1. The average Bonchev–Trinajstić information content (AvgIpc) is 2.66. The fourth-order valence-electron chi connectivity index (χ4n) is 3.53. The van der Waals surface area contributed by atoms with E-state index >= 15 is 0 Å². The van der Waals surface area contributed by atoms with E-state index < -0.39 is 0 Å². The topological polar surface area (TPSA) is 59.0 Å². The highest BCUT2D eigenvalue weighted by Crippen LogP contribution is 2.28. The lowest BCUT2D eigenvalue weighted by Gasteiger charge is -2.23. The first-order chi connectivity index (χ1) is 13.0. The molecule has 5 nitrogen and oxygen atoms in total. The van der Waals surface area contributed by atoms with Gasteiger partial charge in [-0.3, -0.25) is 4.79 Å². The number of carbonyl (C=O) groups is 1. The van der Waals surface area contributed by atoms with Crippen LogP contribution in [0.1, 0.15) is 48.2 Å². The Morgan fingerprint density at radius 2 is 1.67 bits per heavy atom. The summed E-state index contributed by atoms with van der Waals surface area (Å²) in [6, 6.07) is 6.04. The highest BCUT2D eigenvalue weighted by molar-refractivity contribution is 6.08. The fourth-order valence-corrected chi connectivity index (χ4v) is 3.53. The minimum absolute atomic E-state index is 0.0659. The van der Waals surface area contributed by atoms with Crippen LogP contribution < -0.4 is 0 Å². The largest absolute Gasteiger partial charge is 0.339 e. The zero-order valence-corrected chi connectivity index (χ0v) is 16.5. The van der Waals surface area contributed by atoms with Gasteiger partial charge in [0.2, 0.25) is 0 Å². The molecule has 0 bridgehead atoms. The van der Waals surface area contributed by atoms with Gasteiger partial charge in [-0.05, 0) is 49.9 Å². The van der Waals surface area contributed by atoms with E-state index in [0.717, 1.165) is 59.2 Å². The molecule has 2 aromatic heterocycles. The van der Waals surface area contributed by atoms with Crippen LogP contribution in [0.15, 0.2) is 36.9 Å². The number of hydrogen-bond donors (Lipinski definition) is 0. The second-order valence-electron chi connectivity index (χ2n) is 6.95. The van der Waals surface area contributed by atoms with Gasteiger partial charge in [0, 0.05) is 36.4 Å². The van der Waals surface area contributed by atoms with Crippen LogP contribution in [0.5, 0.6) is 0 Å². The number of hydrogen-bond acceptors (Lipinski definition) is 4. The molecule has 0 aliphatic rings. The lowest BCUT2D eigenvalue weighted by molar-refractivity contribution is 0.0757. The zero-order valence-electron chi connectivity index (χ0n) is 16.5. The summed E-state index contributed by atoms with van der Waals surface area (Å²) >= 11 is 0. The second-order valence-corrected chi connectivity index (χ2v) is 6.95. The minimum atomic E-state index is 0.0659. The van der Waals surface area contributed by atoms with Crippen LogP contribution in [0, 0.1) is 13.8 Å². The standard InChI is InChI=1S/C22H26N4O/c1-5-7-26(8-6-2)22(27)18-11-19(17-12-23-14-24-13-17)25-20-10-15(3)9-16(4)21(18)20/h9-14H,5-8H2,1-4H3. The number of rotatable bonds is 6. The number of nitrogens with zero attached hydrogens (tertiary/aromatic N) is 4. The number of carbonyl (C=O) groups excluding carboxylic acids is 1. The third-order valence-corrected chi connectivity index (χ3v) is 4.61. The van der Waals surface area contributed by atoms with Gasteiger partial charge in [-0.1, -0.05) is 19.9 Å². The van der Waals surface area contributed by atoms with Gasteiger partial charge >= 0.3 is 0 Å². The SMILES string of the molecule is CCCN(CCC)C(=O)c1cc(-c2cncnc2)nc2cc(C)cc(C)c12. The van der Waals surface area contributed by atoms with Gasteiger partial charge in [-0.2, -0.15) is 0 Å². The molecule has 1 amide bonds. The Labute approximate surface area is 160 Å². The van der Waals surface area contributed by atoms with Crippen molar-refractivity contribution < 1.29 is 4.79 Å². The van der Waals surface area contributed by atoms with Crippen molar-refractivity contribution in [2.24, 2.45) is 0 Å². The van der Waals surface area contributed by atoms with Crippen molar-refractivity contribution in [2.45, 2.75) is 40.5 Å². The summed E-state index contributed by atoms with van der Waals surface area (Å²) in [5.41, 5.74) is 5.29. The molecule has 0 N–H and O–H groups in total. The van der Waals surface area contributed by atoms with Crippen molar-refractivity contribution >= 4 is 16.8 Å². The van der Waals surface area contributed by atoms with Crippen molar-refractivity contribution in [3.8, 4) is 11.3 Å². The van der Waals surface area contributed by atoms with Crippen molar-refractivity contribution in [1.29, 1.82) is 0 Å². The summed E-state index contributed by atoms with van der Waals surface area (Å²) in [7, 11) is 0. The molecule has 0 spiro atoms. The second kappa shape index (κ2) is 8.25. The molecule has 3 aromatic rings. The van der Waals surface area contributed by atoms with Crippen LogP contribution >= 0.6 is 0 Å². The van der Waals surface area contributed by atoms with Crippen LogP contribution in [0.25, 0.3) is 22.2 Å². The van der Waals surface area contributed by atoms with Crippen molar-refractivity contribution in [2.75, 3.05) is 13.1 Å². The molecule has 0 radical (unpaired) electrons. The van der Waals surface area contributed by atoms with Crippen LogP contribution in [-0.2, 0) is 0 Å². The molecule has 0 aliphatic heterocycles. The quantitative estimate of drug-likeness (QED) is 0.644. The fraction of sp³-hybridized carbons (Fsp3) is 0.364. The molecule has 0 fully saturated rings. The number of aryl methyl sites for hydroxylation is 2. The van der Waals surface area contributed by atoms with Crippen molar-refractivity contribution in [1.82, 2.24) is 19.9 Å². The average molecular weight is 362 g/mol. The summed E-state index contributed by atoms with van der Waals surface area (Å²) in [5, 5.41) is 0.934. The molecule has 0 aliphatic carbocycles. The Hall–Kier alpha value is -2.82. The molecular formula is C22H26N4O. The van der Waals surface area contributed by atoms with E-state index in [0.29, 0.717) is 5.56 Å². The van der Waals surface area contributed by atoms with E-state index in [1.165, 1.54) is 6.33 Å². The van der Waals surface area contributed by atoms with Gasteiger partial charge in [0.25, 0.3) is 5.91 Å². The Bertz CT molecular complexity index is 947. The number of aromatic nitrogens is 3. The normalized spacial score (nSPS) is 11.0. The van der Waals surface area contributed by atoms with Gasteiger partial charge in [0.1, 0.15) is 6.33 Å². The predicted octanol–water partition coefficient (Wildman–Crippen LogP) is 4.57. The molecule has 3 rings (SSSR count). The molecule has 0 saturated carbocycles. The lowest BCUT2D eigenvalue weighted by atomic mass is 9.98. The van der Waals surface area contributed by atoms with E-state index in [4.69, 9.17) is 4.98 Å². The first kappa shape index (κ1) is 19.0.